The summed E-state index contributed by atoms with van der Waals surface area (Å²) >= 11 is 1.49. The molecule has 0 bridgehead atoms. The van der Waals surface area contributed by atoms with Crippen LogP contribution in [0.5, 0.6) is 5.75 Å². The van der Waals surface area contributed by atoms with Gasteiger partial charge in [-0.3, -0.25) is 9.36 Å². The molecule has 0 unspecified atom stereocenters. The number of aryl methyl sites for hydroxylation is 1. The van der Waals surface area contributed by atoms with Crippen LogP contribution in [0, 0.1) is 0 Å². The maximum atomic E-state index is 13.9. The van der Waals surface area contributed by atoms with Crippen LogP contribution in [0.2, 0.25) is 0 Å². The Morgan fingerprint density at radius 3 is 2.60 bits per heavy atom. The van der Waals surface area contributed by atoms with Crippen molar-refractivity contribution >= 4 is 40.1 Å². The number of para-hydroxylation sites is 4. The van der Waals surface area contributed by atoms with E-state index in [-0.39, 0.29) is 24.0 Å². The predicted molar refractivity (Wildman–Crippen MR) is 134 cm³/mol. The summed E-state index contributed by atoms with van der Waals surface area (Å²) in [6.07, 6.45) is 7.63. The van der Waals surface area contributed by atoms with E-state index in [4.69, 9.17) is 9.15 Å². The van der Waals surface area contributed by atoms with Gasteiger partial charge in [0.15, 0.2) is 10.3 Å². The number of benzene rings is 2. The van der Waals surface area contributed by atoms with E-state index in [1.807, 2.05) is 65.1 Å². The van der Waals surface area contributed by atoms with Gasteiger partial charge in [-0.15, -0.1) is 11.3 Å². The highest BCUT2D eigenvalue weighted by molar-refractivity contribution is 7.07. The van der Waals surface area contributed by atoms with Crippen LogP contribution in [-0.2, 0) is 6.54 Å². The minimum Gasteiger partial charge on any atom is -1.00 e. The fourth-order valence-electron chi connectivity index (χ4n) is 5.22. The second-order valence-corrected chi connectivity index (χ2v) is 10.00. The first-order valence-electron chi connectivity index (χ1n) is 12.0. The second-order valence-electron chi connectivity index (χ2n) is 8.97. The van der Waals surface area contributed by atoms with Crippen LogP contribution in [0.3, 0.4) is 0 Å². The predicted octanol–water partition coefficient (Wildman–Crippen LogP) is 0.896. The van der Waals surface area contributed by atoms with E-state index in [9.17, 15) is 4.79 Å². The molecule has 1 aliphatic carbocycles. The summed E-state index contributed by atoms with van der Waals surface area (Å²) in [7, 11) is 1.96. The van der Waals surface area contributed by atoms with E-state index in [2.05, 4.69) is 17.6 Å². The van der Waals surface area contributed by atoms with Crippen molar-refractivity contribution < 1.29 is 26.1 Å². The largest absolute Gasteiger partial charge is 1.00 e. The number of halogens is 1. The van der Waals surface area contributed by atoms with Gasteiger partial charge in [0.25, 0.3) is 11.1 Å². The molecule has 0 N–H and O–H groups in total. The summed E-state index contributed by atoms with van der Waals surface area (Å²) in [6, 6.07) is 16.2. The zero-order chi connectivity index (χ0) is 23.2. The first kappa shape index (κ1) is 23.7. The molecule has 4 aromatic rings. The fraction of sp³-hybridized carbons (Fsp3) is 0.333. The molecule has 35 heavy (non-hydrogen) atoms. The van der Waals surface area contributed by atoms with Crippen molar-refractivity contribution in [2.45, 2.75) is 51.6 Å². The van der Waals surface area contributed by atoms with Crippen molar-refractivity contribution in [3.8, 4) is 5.75 Å². The van der Waals surface area contributed by atoms with Crippen LogP contribution in [0.1, 0.15) is 51.0 Å². The van der Waals surface area contributed by atoms with Gasteiger partial charge in [0, 0.05) is 19.2 Å². The summed E-state index contributed by atoms with van der Waals surface area (Å²) in [4.78, 5) is 15.9. The quantitative estimate of drug-likeness (QED) is 0.385. The van der Waals surface area contributed by atoms with Crippen molar-refractivity contribution in [1.82, 2.24) is 4.57 Å². The molecule has 2 aliphatic rings. The number of ether oxygens (including phenoxy) is 1. The van der Waals surface area contributed by atoms with Crippen LogP contribution < -0.4 is 41.4 Å². The van der Waals surface area contributed by atoms with E-state index >= 15 is 0 Å². The standard InChI is InChI=1S/C27H28N3O3S.ClH/c1-3-29-20-14-8-10-16-22(20)32-23(29)17-24-30(18-11-5-4-6-12-18)26(31)25(34-24)27-28(2)19-13-7-9-15-21(19)33-27;/h7-10,13-18H,3-6,11-12H2,1-2H3;1H/q+1;/p-1/b27-25+;. The Bertz CT molecular complexity index is 1560. The van der Waals surface area contributed by atoms with Crippen LogP contribution in [-0.4, -0.2) is 11.6 Å². The lowest BCUT2D eigenvalue weighted by Crippen LogP contribution is -3.00. The molecule has 3 heterocycles. The highest BCUT2D eigenvalue weighted by atomic mass is 35.5. The molecule has 1 saturated carbocycles. The number of hydrogen-bond donors (Lipinski definition) is 0. The molecule has 8 heteroatoms. The average Bonchev–Trinajstić information content (AvgIpc) is 3.50. The Morgan fingerprint density at radius 1 is 1.09 bits per heavy atom. The molecule has 1 fully saturated rings. The Balaban J connectivity index is 0.00000253. The molecule has 0 spiro atoms. The minimum absolute atomic E-state index is 0. The molecule has 0 saturated heterocycles. The summed E-state index contributed by atoms with van der Waals surface area (Å²) in [6.45, 7) is 2.90. The highest BCUT2D eigenvalue weighted by Gasteiger charge is 2.28. The molecule has 1 aliphatic heterocycles. The van der Waals surface area contributed by atoms with E-state index in [0.29, 0.717) is 10.4 Å². The lowest BCUT2D eigenvalue weighted by molar-refractivity contribution is -0.674. The van der Waals surface area contributed by atoms with Crippen LogP contribution >= 0.6 is 11.3 Å². The molecule has 2 aromatic heterocycles. The summed E-state index contributed by atoms with van der Waals surface area (Å²) in [5, 5.41) is 0. The van der Waals surface area contributed by atoms with Gasteiger partial charge in [-0.1, -0.05) is 43.5 Å². The van der Waals surface area contributed by atoms with E-state index in [0.717, 1.165) is 65.3 Å². The summed E-state index contributed by atoms with van der Waals surface area (Å²) < 4.78 is 18.1. The van der Waals surface area contributed by atoms with Gasteiger partial charge in [-0.2, -0.15) is 4.57 Å². The highest BCUT2D eigenvalue weighted by Crippen LogP contribution is 2.37. The molecule has 0 radical (unpaired) electrons. The molecule has 0 amide bonds. The average molecular weight is 510 g/mol. The Labute approximate surface area is 213 Å². The molecular formula is C27H28ClN3O3S. The Morgan fingerprint density at radius 2 is 1.83 bits per heavy atom. The molecule has 6 nitrogen and oxygen atoms in total. The summed E-state index contributed by atoms with van der Waals surface area (Å²) in [5.41, 5.74) is 2.91. The first-order valence-corrected chi connectivity index (χ1v) is 12.9. The molecule has 182 valence electrons. The fourth-order valence-corrected chi connectivity index (χ4v) is 6.37. The van der Waals surface area contributed by atoms with Crippen LogP contribution in [0.4, 0.5) is 5.69 Å². The van der Waals surface area contributed by atoms with Gasteiger partial charge in [0.2, 0.25) is 11.5 Å². The van der Waals surface area contributed by atoms with E-state index in [1.165, 1.54) is 17.8 Å². The number of aromatic nitrogens is 2. The monoisotopic (exact) mass is 509 g/mol. The van der Waals surface area contributed by atoms with Gasteiger partial charge in [-0.25, -0.2) is 0 Å². The van der Waals surface area contributed by atoms with Crippen molar-refractivity contribution in [2.24, 2.45) is 0 Å². The van der Waals surface area contributed by atoms with E-state index < -0.39 is 0 Å². The van der Waals surface area contributed by atoms with Crippen LogP contribution in [0.15, 0.2) is 57.7 Å². The topological polar surface area (TPSA) is 51.5 Å². The second kappa shape index (κ2) is 9.55. The van der Waals surface area contributed by atoms with E-state index in [1.54, 1.807) is 0 Å². The third kappa shape index (κ3) is 3.96. The van der Waals surface area contributed by atoms with Gasteiger partial charge in [0.05, 0.1) is 11.8 Å². The normalized spacial score (nSPS) is 18.0. The lowest BCUT2D eigenvalue weighted by atomic mass is 9.95. The third-order valence-electron chi connectivity index (χ3n) is 6.93. The lowest BCUT2D eigenvalue weighted by Gasteiger charge is -2.22. The van der Waals surface area contributed by atoms with Crippen molar-refractivity contribution in [1.29, 1.82) is 0 Å². The number of rotatable bonds is 3. The van der Waals surface area contributed by atoms with Gasteiger partial charge in [-0.05, 0) is 38.0 Å². The number of oxazole rings is 1. The first-order chi connectivity index (χ1) is 16.7. The molecule has 0 atom stereocenters. The number of hydrogen-bond acceptors (Lipinski definition) is 5. The Kier molecular flexibility index (Phi) is 6.47. The molecular weight excluding hydrogens is 482 g/mol. The van der Waals surface area contributed by atoms with Crippen molar-refractivity contribution in [2.75, 3.05) is 11.9 Å². The Hall–Kier alpha value is -3.03. The summed E-state index contributed by atoms with van der Waals surface area (Å²) in [5.74, 6) is 2.15. The number of fused-ring (bicyclic) bond motifs is 2. The molecule has 6 rings (SSSR count). The SMILES string of the molecule is CC[n+]1c(/C=c2\s/c(=C3/Oc4ccccc4N3C)c(=O)n2C2CCCCC2)oc2ccccc21.[Cl-]. The smallest absolute Gasteiger partial charge is 0.377 e. The minimum atomic E-state index is 0. The van der Waals surface area contributed by atoms with Gasteiger partial charge < -0.3 is 26.5 Å². The zero-order valence-corrected chi connectivity index (χ0v) is 21.4. The molecule has 2 aromatic carbocycles. The number of anilines is 1. The zero-order valence-electron chi connectivity index (χ0n) is 19.9. The maximum absolute atomic E-state index is 13.9. The number of nitrogens with zero attached hydrogens (tertiary/aromatic N) is 3. The van der Waals surface area contributed by atoms with Crippen LogP contribution in [0.25, 0.3) is 23.1 Å². The third-order valence-corrected chi connectivity index (χ3v) is 8.01. The number of thiazole rings is 1. The van der Waals surface area contributed by atoms with Gasteiger partial charge in [0.1, 0.15) is 11.2 Å². The van der Waals surface area contributed by atoms with Crippen molar-refractivity contribution in [3.05, 3.63) is 74.0 Å². The van der Waals surface area contributed by atoms with Gasteiger partial charge >= 0.3 is 5.89 Å². The van der Waals surface area contributed by atoms with Crippen molar-refractivity contribution in [3.63, 3.8) is 0 Å². The maximum Gasteiger partial charge on any atom is 0.377 e.